The molecule has 4 aliphatic rings. The lowest BCUT2D eigenvalue weighted by atomic mass is 9.48. The second-order valence-corrected chi connectivity index (χ2v) is 18.5. The Morgan fingerprint density at radius 2 is 1.06 bits per heavy atom. The van der Waals surface area contributed by atoms with Crippen LogP contribution in [-0.2, 0) is 16.2 Å². The molecule has 4 aliphatic carbocycles. The van der Waals surface area contributed by atoms with Gasteiger partial charge in [-0.15, -0.1) is 0 Å². The molecule has 50 heavy (non-hydrogen) atoms. The van der Waals surface area contributed by atoms with E-state index in [2.05, 4.69) is 148 Å². The first-order valence-corrected chi connectivity index (χ1v) is 19.0. The zero-order chi connectivity index (χ0) is 34.2. The van der Waals surface area contributed by atoms with Crippen LogP contribution in [0.25, 0.3) is 55.1 Å². The van der Waals surface area contributed by atoms with Gasteiger partial charge in [-0.05, 0) is 144 Å². The Labute approximate surface area is 296 Å². The van der Waals surface area contributed by atoms with Crippen LogP contribution in [0, 0.1) is 17.8 Å². The number of hydrogen-bond acceptors (Lipinski definition) is 1. The lowest BCUT2D eigenvalue weighted by Crippen LogP contribution is -2.48. The highest BCUT2D eigenvalue weighted by Crippen LogP contribution is 2.61. The molecule has 0 spiro atoms. The SMILES string of the molecule is CC(C)(C)c1ccc2c(c1)c1cc(C(C)(C)C)ccc1n2-c1ccc(-n2c3ccccc3c3cc(C45CC6CC(CC(C6)C4)C5)ccc32)cn1. The van der Waals surface area contributed by atoms with Gasteiger partial charge >= 0.3 is 0 Å². The molecule has 0 radical (unpaired) electrons. The molecule has 252 valence electrons. The van der Waals surface area contributed by atoms with E-state index in [1.54, 1.807) is 5.56 Å². The third-order valence-corrected chi connectivity index (χ3v) is 13.0. The largest absolute Gasteiger partial charge is 0.308 e. The third kappa shape index (κ3) is 4.51. The Morgan fingerprint density at radius 3 is 1.62 bits per heavy atom. The lowest BCUT2D eigenvalue weighted by Gasteiger charge is -2.57. The number of hydrogen-bond donors (Lipinski definition) is 0. The zero-order valence-electron chi connectivity index (χ0n) is 30.6. The number of fused-ring (bicyclic) bond motifs is 6. The normalized spacial score (nSPS) is 23.6. The topological polar surface area (TPSA) is 22.8 Å². The van der Waals surface area contributed by atoms with Gasteiger partial charge in [-0.1, -0.05) is 77.9 Å². The molecule has 3 heteroatoms. The van der Waals surface area contributed by atoms with Gasteiger partial charge in [-0.25, -0.2) is 4.98 Å². The average molecular weight is 656 g/mol. The molecule has 3 aromatic heterocycles. The van der Waals surface area contributed by atoms with E-state index in [0.717, 1.165) is 29.3 Å². The minimum atomic E-state index is 0.0719. The van der Waals surface area contributed by atoms with Crippen molar-refractivity contribution < 1.29 is 0 Å². The fourth-order valence-corrected chi connectivity index (χ4v) is 10.9. The van der Waals surface area contributed by atoms with Gasteiger partial charge in [0.05, 0.1) is 34.0 Å². The van der Waals surface area contributed by atoms with Crippen LogP contribution in [0.5, 0.6) is 0 Å². The molecular formula is C47H49N3. The fraction of sp³-hybridized carbons (Fsp3) is 0.383. The summed E-state index contributed by atoms with van der Waals surface area (Å²) in [6, 6.07) is 35.0. The lowest BCUT2D eigenvalue weighted by molar-refractivity contribution is -0.00512. The maximum absolute atomic E-state index is 5.22. The smallest absolute Gasteiger partial charge is 0.137 e. The summed E-state index contributed by atoms with van der Waals surface area (Å²) in [4.78, 5) is 5.22. The Morgan fingerprint density at radius 1 is 0.540 bits per heavy atom. The Kier molecular flexibility index (Phi) is 6.30. The molecule has 0 atom stereocenters. The molecule has 0 aliphatic heterocycles. The third-order valence-electron chi connectivity index (χ3n) is 13.0. The van der Waals surface area contributed by atoms with Crippen molar-refractivity contribution in [3.8, 4) is 11.5 Å². The Balaban J connectivity index is 1.11. The van der Waals surface area contributed by atoms with Gasteiger partial charge in [0.2, 0.25) is 0 Å². The highest BCUT2D eigenvalue weighted by molar-refractivity contribution is 6.10. The Bertz CT molecular complexity index is 2370. The van der Waals surface area contributed by atoms with Crippen molar-refractivity contribution >= 4 is 43.6 Å². The number of para-hydroxylation sites is 1. The summed E-state index contributed by atoms with van der Waals surface area (Å²) in [7, 11) is 0. The van der Waals surface area contributed by atoms with Crippen LogP contribution in [0.15, 0.2) is 97.2 Å². The molecule has 4 bridgehead atoms. The molecule has 4 saturated carbocycles. The molecule has 0 amide bonds. The fourth-order valence-electron chi connectivity index (χ4n) is 10.9. The van der Waals surface area contributed by atoms with Crippen LogP contribution in [0.3, 0.4) is 0 Å². The first kappa shape index (κ1) is 30.5. The van der Waals surface area contributed by atoms with E-state index in [1.165, 1.54) is 93.3 Å². The van der Waals surface area contributed by atoms with Gasteiger partial charge in [0, 0.05) is 21.5 Å². The monoisotopic (exact) mass is 655 g/mol. The quantitative estimate of drug-likeness (QED) is 0.186. The standard InChI is InChI=1S/C47H49N3/c1-45(2,3)32-11-15-42-38(22-32)39-23-33(46(4,5)6)12-16-43(39)50(42)44-18-14-35(28-48-44)49-40-10-8-7-9-36(40)37-24-34(13-17-41(37)49)47-25-29-19-30(26-47)21-31(20-29)27-47/h7-18,22-24,28-31H,19-21,25-27H2,1-6H3. The van der Waals surface area contributed by atoms with Crippen molar-refractivity contribution in [3.05, 3.63) is 114 Å². The molecule has 0 unspecified atom stereocenters. The van der Waals surface area contributed by atoms with Crippen molar-refractivity contribution in [2.75, 3.05) is 0 Å². The molecule has 4 fully saturated rings. The molecule has 0 saturated heterocycles. The number of aromatic nitrogens is 3. The van der Waals surface area contributed by atoms with Crippen LogP contribution < -0.4 is 0 Å². The van der Waals surface area contributed by atoms with Crippen molar-refractivity contribution in [1.82, 2.24) is 14.1 Å². The Hall–Kier alpha value is -4.37. The van der Waals surface area contributed by atoms with Crippen LogP contribution in [0.1, 0.15) is 96.8 Å². The van der Waals surface area contributed by atoms with E-state index in [0.29, 0.717) is 5.41 Å². The summed E-state index contributed by atoms with van der Waals surface area (Å²) >= 11 is 0. The second-order valence-electron chi connectivity index (χ2n) is 18.5. The van der Waals surface area contributed by atoms with Crippen LogP contribution >= 0.6 is 0 Å². The number of nitrogens with zero attached hydrogens (tertiary/aromatic N) is 3. The van der Waals surface area contributed by atoms with Crippen molar-refractivity contribution in [2.45, 2.75) is 96.3 Å². The van der Waals surface area contributed by atoms with E-state index in [1.807, 2.05) is 0 Å². The van der Waals surface area contributed by atoms with Crippen LogP contribution in [-0.4, -0.2) is 14.1 Å². The molecule has 3 nitrogen and oxygen atoms in total. The van der Waals surface area contributed by atoms with Crippen molar-refractivity contribution in [1.29, 1.82) is 0 Å². The van der Waals surface area contributed by atoms with E-state index in [-0.39, 0.29) is 10.8 Å². The highest BCUT2D eigenvalue weighted by Gasteiger charge is 2.51. The van der Waals surface area contributed by atoms with E-state index >= 15 is 0 Å². The number of rotatable bonds is 3. The van der Waals surface area contributed by atoms with E-state index in [9.17, 15) is 0 Å². The van der Waals surface area contributed by atoms with Gasteiger partial charge in [0.1, 0.15) is 5.82 Å². The summed E-state index contributed by atoms with van der Waals surface area (Å²) in [5.74, 6) is 3.78. The highest BCUT2D eigenvalue weighted by atomic mass is 15.1. The maximum Gasteiger partial charge on any atom is 0.137 e. The predicted octanol–water partition coefficient (Wildman–Crippen LogP) is 12.3. The van der Waals surface area contributed by atoms with E-state index < -0.39 is 0 Å². The molecule has 7 aromatic rings. The van der Waals surface area contributed by atoms with Gasteiger partial charge < -0.3 is 4.57 Å². The molecule has 3 heterocycles. The van der Waals surface area contributed by atoms with Crippen molar-refractivity contribution in [2.24, 2.45) is 17.8 Å². The molecule has 11 rings (SSSR count). The van der Waals surface area contributed by atoms with Crippen molar-refractivity contribution in [3.63, 3.8) is 0 Å². The summed E-state index contributed by atoms with van der Waals surface area (Å²) in [5.41, 5.74) is 10.9. The first-order valence-electron chi connectivity index (χ1n) is 19.0. The average Bonchev–Trinajstić information content (AvgIpc) is 3.59. The minimum absolute atomic E-state index is 0.0719. The van der Waals surface area contributed by atoms with E-state index in [4.69, 9.17) is 4.98 Å². The van der Waals surface area contributed by atoms with Gasteiger partial charge in [-0.2, -0.15) is 0 Å². The molecule has 4 aromatic carbocycles. The maximum atomic E-state index is 5.22. The summed E-state index contributed by atoms with van der Waals surface area (Å²) in [5, 5.41) is 5.30. The minimum Gasteiger partial charge on any atom is -0.308 e. The van der Waals surface area contributed by atoms with Gasteiger partial charge in [0.25, 0.3) is 0 Å². The van der Waals surface area contributed by atoms with Gasteiger partial charge in [0.15, 0.2) is 0 Å². The van der Waals surface area contributed by atoms with Crippen LogP contribution in [0.4, 0.5) is 0 Å². The molecular weight excluding hydrogens is 607 g/mol. The number of pyridine rings is 1. The number of benzene rings is 4. The molecule has 0 N–H and O–H groups in total. The summed E-state index contributed by atoms with van der Waals surface area (Å²) in [6.45, 7) is 13.8. The van der Waals surface area contributed by atoms with Gasteiger partial charge in [-0.3, -0.25) is 4.57 Å². The zero-order valence-corrected chi connectivity index (χ0v) is 30.6. The van der Waals surface area contributed by atoms with Crippen LogP contribution in [0.2, 0.25) is 0 Å². The second kappa shape index (κ2) is 10.3. The summed E-state index contributed by atoms with van der Waals surface area (Å²) < 4.78 is 4.79. The predicted molar refractivity (Wildman–Crippen MR) is 210 cm³/mol. The summed E-state index contributed by atoms with van der Waals surface area (Å²) in [6.07, 6.45) is 10.7. The first-order chi connectivity index (χ1) is 23.9.